The summed E-state index contributed by atoms with van der Waals surface area (Å²) in [6, 6.07) is 9.44. The fourth-order valence-corrected chi connectivity index (χ4v) is 0.560. The first kappa shape index (κ1) is 15.6. The van der Waals surface area contributed by atoms with E-state index in [0.717, 1.165) is 5.02 Å². The minimum atomic E-state index is -5.17. The van der Waals surface area contributed by atoms with Gasteiger partial charge in [-0.05, 0) is 12.1 Å². The molecule has 1 aromatic rings. The Bertz CT molecular complexity index is 305. The van der Waals surface area contributed by atoms with Crippen LogP contribution in [0.4, 0.5) is 0 Å². The zero-order chi connectivity index (χ0) is 9.61. The SMILES string of the molecule is Clc1ccccc1.O=S(=O)([O-])[O-].[Mg+2]. The fourth-order valence-electron chi connectivity index (χ4n) is 0.415. The van der Waals surface area contributed by atoms with E-state index in [-0.39, 0.29) is 23.1 Å². The number of rotatable bonds is 0. The molecule has 0 aliphatic heterocycles. The predicted molar refractivity (Wildman–Crippen MR) is 47.7 cm³/mol. The fraction of sp³-hybridized carbons (Fsp3) is 0. The van der Waals surface area contributed by atoms with Gasteiger partial charge in [-0.1, -0.05) is 29.8 Å². The number of halogens is 1. The van der Waals surface area contributed by atoms with Gasteiger partial charge in [-0.2, -0.15) is 0 Å². The number of benzene rings is 1. The van der Waals surface area contributed by atoms with Crippen molar-refractivity contribution < 1.29 is 17.5 Å². The van der Waals surface area contributed by atoms with E-state index in [1.54, 1.807) is 0 Å². The maximum absolute atomic E-state index is 8.52. The molecule has 0 saturated heterocycles. The molecule has 1 rings (SSSR count). The van der Waals surface area contributed by atoms with Crippen molar-refractivity contribution in [3.05, 3.63) is 35.4 Å². The average Bonchev–Trinajstić information content (AvgIpc) is 1.85. The smallest absolute Gasteiger partial charge is 0.759 e. The molecule has 0 heterocycles. The van der Waals surface area contributed by atoms with Crippen LogP contribution in [-0.2, 0) is 10.4 Å². The molecule has 1 aromatic carbocycles. The maximum atomic E-state index is 8.52. The van der Waals surface area contributed by atoms with Crippen LogP contribution in [0, 0.1) is 0 Å². The summed E-state index contributed by atoms with van der Waals surface area (Å²) in [5.74, 6) is 0. The van der Waals surface area contributed by atoms with Crippen molar-refractivity contribution in [1.82, 2.24) is 0 Å². The zero-order valence-corrected chi connectivity index (χ0v) is 9.50. The Morgan fingerprint density at radius 3 is 1.54 bits per heavy atom. The van der Waals surface area contributed by atoms with Gasteiger partial charge in [0.05, 0.1) is 0 Å². The van der Waals surface area contributed by atoms with Crippen LogP contribution >= 0.6 is 11.6 Å². The van der Waals surface area contributed by atoms with Crippen LogP contribution in [0.1, 0.15) is 0 Å². The van der Waals surface area contributed by atoms with Crippen LogP contribution in [0.5, 0.6) is 0 Å². The molecule has 13 heavy (non-hydrogen) atoms. The first-order chi connectivity index (χ1) is 5.39. The monoisotopic (exact) mass is 232 g/mol. The third-order valence-electron chi connectivity index (χ3n) is 0.733. The predicted octanol–water partition coefficient (Wildman–Crippen LogP) is 0.621. The third-order valence-corrected chi connectivity index (χ3v) is 0.985. The normalized spacial score (nSPS) is 9.15. The van der Waals surface area contributed by atoms with E-state index in [9.17, 15) is 0 Å². The van der Waals surface area contributed by atoms with Gasteiger partial charge in [0.15, 0.2) is 0 Å². The van der Waals surface area contributed by atoms with Gasteiger partial charge in [-0.15, -0.1) is 0 Å². The number of hydrogen-bond acceptors (Lipinski definition) is 4. The Balaban J connectivity index is 0. The van der Waals surface area contributed by atoms with Crippen molar-refractivity contribution in [2.75, 3.05) is 0 Å². The Labute approximate surface area is 97.6 Å². The Morgan fingerprint density at radius 1 is 1.08 bits per heavy atom. The molecule has 0 aliphatic rings. The molecule has 0 aromatic heterocycles. The largest absolute Gasteiger partial charge is 2.00 e. The van der Waals surface area contributed by atoms with Gasteiger partial charge in [0.2, 0.25) is 0 Å². The average molecular weight is 233 g/mol. The van der Waals surface area contributed by atoms with Crippen LogP contribution in [0.15, 0.2) is 30.3 Å². The number of hydrogen-bond donors (Lipinski definition) is 0. The van der Waals surface area contributed by atoms with Crippen molar-refractivity contribution in [3.8, 4) is 0 Å². The summed E-state index contributed by atoms with van der Waals surface area (Å²) in [4.78, 5) is 0. The third kappa shape index (κ3) is 18.8. The first-order valence-corrected chi connectivity index (χ1v) is 4.48. The van der Waals surface area contributed by atoms with Crippen LogP contribution in [-0.4, -0.2) is 40.6 Å². The molecule has 68 valence electrons. The van der Waals surface area contributed by atoms with Crippen LogP contribution < -0.4 is 0 Å². The van der Waals surface area contributed by atoms with Crippen molar-refractivity contribution in [3.63, 3.8) is 0 Å². The summed E-state index contributed by atoms with van der Waals surface area (Å²) in [7, 11) is -5.17. The van der Waals surface area contributed by atoms with Gasteiger partial charge in [-0.3, -0.25) is 8.42 Å². The standard InChI is InChI=1S/C6H5Cl.Mg.H2O4S/c7-6-4-2-1-3-5-6;;1-5(2,3)4/h1-5H;;(H2,1,2,3,4)/q;+2;/p-2. The molecule has 0 fully saturated rings. The molecule has 0 spiro atoms. The zero-order valence-electron chi connectivity index (χ0n) is 6.51. The maximum Gasteiger partial charge on any atom is 2.00 e. The molecular formula is C6H5ClMgO4S. The Hall–Kier alpha value is 0.146. The van der Waals surface area contributed by atoms with Crippen molar-refractivity contribution in [2.24, 2.45) is 0 Å². The molecule has 0 amide bonds. The molecule has 0 aliphatic carbocycles. The summed E-state index contributed by atoms with van der Waals surface area (Å²) in [6.07, 6.45) is 0. The minimum Gasteiger partial charge on any atom is -0.759 e. The van der Waals surface area contributed by atoms with E-state index in [1.807, 2.05) is 30.3 Å². The summed E-state index contributed by atoms with van der Waals surface area (Å²) >= 11 is 5.54. The summed E-state index contributed by atoms with van der Waals surface area (Å²) in [5.41, 5.74) is 0. The molecule has 0 unspecified atom stereocenters. The quantitative estimate of drug-likeness (QED) is 0.373. The molecule has 4 nitrogen and oxygen atoms in total. The van der Waals surface area contributed by atoms with Crippen LogP contribution in [0.3, 0.4) is 0 Å². The molecule has 0 atom stereocenters. The molecule has 0 bridgehead atoms. The van der Waals surface area contributed by atoms with E-state index in [4.69, 9.17) is 29.1 Å². The van der Waals surface area contributed by atoms with E-state index >= 15 is 0 Å². The van der Waals surface area contributed by atoms with Crippen LogP contribution in [0.25, 0.3) is 0 Å². The molecule has 7 heteroatoms. The Kier molecular flexibility index (Phi) is 9.06. The van der Waals surface area contributed by atoms with Gasteiger partial charge >= 0.3 is 23.1 Å². The molecule has 0 saturated carbocycles. The van der Waals surface area contributed by atoms with Crippen molar-refractivity contribution in [2.45, 2.75) is 0 Å². The van der Waals surface area contributed by atoms with Crippen LogP contribution in [0.2, 0.25) is 5.02 Å². The molecule has 0 N–H and O–H groups in total. The second-order valence-corrected chi connectivity index (χ2v) is 2.96. The summed E-state index contributed by atoms with van der Waals surface area (Å²) in [6.45, 7) is 0. The van der Waals surface area contributed by atoms with Gasteiger partial charge in [0.25, 0.3) is 0 Å². The second kappa shape index (κ2) is 7.54. The molecule has 0 radical (unpaired) electrons. The van der Waals surface area contributed by atoms with E-state index in [0.29, 0.717) is 0 Å². The first-order valence-electron chi connectivity index (χ1n) is 2.77. The topological polar surface area (TPSA) is 80.3 Å². The minimum absolute atomic E-state index is 0. The van der Waals surface area contributed by atoms with Gasteiger partial charge in [-0.25, -0.2) is 0 Å². The van der Waals surface area contributed by atoms with Crippen molar-refractivity contribution >= 4 is 45.1 Å². The van der Waals surface area contributed by atoms with E-state index < -0.39 is 10.4 Å². The van der Waals surface area contributed by atoms with Gasteiger partial charge in [0.1, 0.15) is 0 Å². The van der Waals surface area contributed by atoms with E-state index in [2.05, 4.69) is 0 Å². The summed E-state index contributed by atoms with van der Waals surface area (Å²) < 4.78 is 34.1. The van der Waals surface area contributed by atoms with Gasteiger partial charge in [0, 0.05) is 15.4 Å². The summed E-state index contributed by atoms with van der Waals surface area (Å²) in [5, 5.41) is 0.794. The molecular weight excluding hydrogens is 228 g/mol. The second-order valence-electron chi connectivity index (χ2n) is 1.70. The Morgan fingerprint density at radius 2 is 1.38 bits per heavy atom. The van der Waals surface area contributed by atoms with E-state index in [1.165, 1.54) is 0 Å². The van der Waals surface area contributed by atoms with Gasteiger partial charge < -0.3 is 9.11 Å². The van der Waals surface area contributed by atoms with Crippen molar-refractivity contribution in [1.29, 1.82) is 0 Å².